The van der Waals surface area contributed by atoms with Gasteiger partial charge in [-0.3, -0.25) is 34.4 Å². The van der Waals surface area contributed by atoms with Crippen LogP contribution in [0.1, 0.15) is 48.0 Å². The Hall–Kier alpha value is -4.36. The Morgan fingerprint density at radius 1 is 1.12 bits per heavy atom. The van der Waals surface area contributed by atoms with Gasteiger partial charge in [0.15, 0.2) is 11.7 Å². The van der Waals surface area contributed by atoms with Crippen LogP contribution in [0.15, 0.2) is 53.5 Å². The maximum atomic E-state index is 14.0. The number of aliphatic imine (C=N–C) groups is 1. The molecule has 0 radical (unpaired) electrons. The predicted octanol–water partition coefficient (Wildman–Crippen LogP) is 0.849. The first-order valence-electron chi connectivity index (χ1n) is 13.1. The summed E-state index contributed by atoms with van der Waals surface area (Å²) < 4.78 is 0. The molecule has 2 aromatic rings. The maximum Gasteiger partial charge on any atom is 0.270 e. The average Bonchev–Trinajstić information content (AvgIpc) is 2.94. The smallest absolute Gasteiger partial charge is 0.270 e. The second kappa shape index (κ2) is 14.1. The van der Waals surface area contributed by atoms with Gasteiger partial charge in [0.2, 0.25) is 11.8 Å². The molecule has 0 aromatic heterocycles. The van der Waals surface area contributed by atoms with Gasteiger partial charge in [0.1, 0.15) is 6.04 Å². The number of non-ortho nitro benzene ring substituents is 1. The molecule has 1 unspecified atom stereocenters. The molecule has 2 amide bonds. The van der Waals surface area contributed by atoms with Crippen LogP contribution in [-0.4, -0.2) is 64.6 Å². The fraction of sp³-hybridized carbons (Fsp3) is 0.407. The molecule has 9 N–H and O–H groups in total. The number of nitrogens with one attached hydrogen (secondary N) is 1. The molecule has 3 rings (SSSR count). The van der Waals surface area contributed by atoms with E-state index in [0.29, 0.717) is 13.0 Å². The third kappa shape index (κ3) is 7.83. The summed E-state index contributed by atoms with van der Waals surface area (Å²) in [5, 5.41) is 14.6. The molecule has 2 aromatic carbocycles. The molecular weight excluding hydrogens is 516 g/mol. The number of guanidine groups is 1. The molecule has 0 saturated carbocycles. The number of nitro groups is 1. The fourth-order valence-electron chi connectivity index (χ4n) is 4.70. The Bertz CT molecular complexity index is 1240. The van der Waals surface area contributed by atoms with Gasteiger partial charge >= 0.3 is 0 Å². The van der Waals surface area contributed by atoms with Crippen LogP contribution < -0.4 is 28.3 Å². The van der Waals surface area contributed by atoms with Crippen molar-refractivity contribution in [2.45, 2.75) is 56.7 Å². The van der Waals surface area contributed by atoms with E-state index in [9.17, 15) is 24.5 Å². The van der Waals surface area contributed by atoms with E-state index in [4.69, 9.17) is 22.9 Å². The Labute approximate surface area is 232 Å². The highest BCUT2D eigenvalue weighted by atomic mass is 16.6. The molecule has 0 aliphatic carbocycles. The van der Waals surface area contributed by atoms with E-state index in [0.717, 1.165) is 29.4 Å². The summed E-state index contributed by atoms with van der Waals surface area (Å²) in [6.45, 7) is 0.708. The van der Waals surface area contributed by atoms with Crippen molar-refractivity contribution in [3.8, 4) is 0 Å². The number of amides is 2. The lowest BCUT2D eigenvalue weighted by Crippen LogP contribution is -2.60. The summed E-state index contributed by atoms with van der Waals surface area (Å²) in [6.07, 6.45) is 2.46. The summed E-state index contributed by atoms with van der Waals surface area (Å²) in [5.41, 5.74) is 23.5. The Balaban J connectivity index is 2.05. The van der Waals surface area contributed by atoms with Crippen LogP contribution in [0.4, 0.5) is 11.4 Å². The first kappa shape index (κ1) is 30.2. The monoisotopic (exact) mass is 552 g/mol. The van der Waals surface area contributed by atoms with Gasteiger partial charge in [-0.1, -0.05) is 36.8 Å². The predicted molar refractivity (Wildman–Crippen MR) is 151 cm³/mol. The number of nitrogen functional groups attached to an aromatic ring is 1. The van der Waals surface area contributed by atoms with E-state index >= 15 is 0 Å². The van der Waals surface area contributed by atoms with Crippen LogP contribution in [0, 0.1) is 10.1 Å². The zero-order valence-corrected chi connectivity index (χ0v) is 22.2. The number of nitro benzene ring substituents is 1. The minimum absolute atomic E-state index is 0.0139. The molecule has 1 aliphatic heterocycles. The number of anilines is 1. The minimum atomic E-state index is -1.34. The van der Waals surface area contributed by atoms with Crippen molar-refractivity contribution in [2.24, 2.45) is 22.2 Å². The van der Waals surface area contributed by atoms with Gasteiger partial charge in [0.05, 0.1) is 17.0 Å². The largest absolute Gasteiger partial charge is 0.398 e. The number of piperidine rings is 1. The molecule has 214 valence electrons. The van der Waals surface area contributed by atoms with E-state index in [1.54, 1.807) is 0 Å². The Morgan fingerprint density at radius 2 is 1.85 bits per heavy atom. The molecule has 40 heavy (non-hydrogen) atoms. The van der Waals surface area contributed by atoms with E-state index in [-0.39, 0.29) is 48.7 Å². The fourth-order valence-corrected chi connectivity index (χ4v) is 4.70. The van der Waals surface area contributed by atoms with Crippen molar-refractivity contribution in [1.29, 1.82) is 0 Å². The lowest BCUT2D eigenvalue weighted by molar-refractivity contribution is -0.384. The first-order chi connectivity index (χ1) is 19.1. The molecule has 0 spiro atoms. The Morgan fingerprint density at radius 3 is 2.48 bits per heavy atom. The minimum Gasteiger partial charge on any atom is -0.398 e. The third-order valence-electron chi connectivity index (χ3n) is 6.76. The van der Waals surface area contributed by atoms with E-state index < -0.39 is 40.6 Å². The SMILES string of the molecule is NC(N)=NCCC[C@@H](C(=O)c1cc([N+](=O)[O-])ccc1N)N(C(=O)C1CCCCN1)C(=O)[C@H](N)Cc1ccccc1. The molecule has 1 heterocycles. The van der Waals surface area contributed by atoms with Crippen molar-refractivity contribution >= 4 is 34.9 Å². The lowest BCUT2D eigenvalue weighted by atomic mass is 9.94. The normalized spacial score (nSPS) is 16.4. The summed E-state index contributed by atoms with van der Waals surface area (Å²) in [4.78, 5) is 57.4. The van der Waals surface area contributed by atoms with E-state index in [2.05, 4.69) is 10.3 Å². The zero-order chi connectivity index (χ0) is 29.2. The third-order valence-corrected chi connectivity index (χ3v) is 6.76. The first-order valence-corrected chi connectivity index (χ1v) is 13.1. The number of nitrogens with zero attached hydrogens (tertiary/aromatic N) is 3. The standard InChI is InChI=1S/C27H36N8O5/c28-20-12-11-18(35(39)40)16-19(20)24(36)23(10-6-14-33-27(30)31)34(26(38)22-9-4-5-13-32-22)25(37)21(29)15-17-7-2-1-3-8-17/h1-3,7-8,11-12,16,21-23,32H,4-6,9-10,13-15,28-29H2,(H4,30,31,33)/t21-,22?,23+/m1/s1. The summed E-state index contributed by atoms with van der Waals surface area (Å²) in [7, 11) is 0. The van der Waals surface area contributed by atoms with Crippen LogP contribution in [0.25, 0.3) is 0 Å². The van der Waals surface area contributed by atoms with Crippen LogP contribution in [0.3, 0.4) is 0 Å². The molecule has 3 atom stereocenters. The van der Waals surface area contributed by atoms with Gasteiger partial charge < -0.3 is 28.3 Å². The molecule has 13 nitrogen and oxygen atoms in total. The van der Waals surface area contributed by atoms with Crippen molar-refractivity contribution in [2.75, 3.05) is 18.8 Å². The molecule has 1 fully saturated rings. The number of hydrogen-bond acceptors (Lipinski definition) is 9. The second-order valence-electron chi connectivity index (χ2n) is 9.70. The number of rotatable bonds is 12. The second-order valence-corrected chi connectivity index (χ2v) is 9.70. The maximum absolute atomic E-state index is 14.0. The number of benzene rings is 2. The number of hydrogen-bond donors (Lipinski definition) is 5. The van der Waals surface area contributed by atoms with Crippen LogP contribution in [0.2, 0.25) is 0 Å². The lowest BCUT2D eigenvalue weighted by Gasteiger charge is -2.35. The van der Waals surface area contributed by atoms with Gasteiger partial charge in [-0.2, -0.15) is 0 Å². The molecule has 1 aliphatic rings. The van der Waals surface area contributed by atoms with Crippen molar-refractivity contribution in [1.82, 2.24) is 10.2 Å². The van der Waals surface area contributed by atoms with Gasteiger partial charge in [0, 0.05) is 29.9 Å². The molecule has 1 saturated heterocycles. The van der Waals surface area contributed by atoms with Crippen LogP contribution >= 0.6 is 0 Å². The number of imide groups is 1. The van der Waals surface area contributed by atoms with Crippen LogP contribution in [0.5, 0.6) is 0 Å². The van der Waals surface area contributed by atoms with Crippen LogP contribution in [-0.2, 0) is 16.0 Å². The molecule has 0 bridgehead atoms. The number of Topliss-reactive ketones (excluding diaryl/α,β-unsaturated/α-hetero) is 1. The number of carbonyl (C=O) groups excluding carboxylic acids is 3. The molecular formula is C27H36N8O5. The van der Waals surface area contributed by atoms with E-state index in [1.807, 2.05) is 30.3 Å². The summed E-state index contributed by atoms with van der Waals surface area (Å²) in [5.74, 6) is -2.18. The average molecular weight is 553 g/mol. The van der Waals surface area contributed by atoms with Gasteiger partial charge in [-0.05, 0) is 50.3 Å². The molecule has 13 heteroatoms. The highest BCUT2D eigenvalue weighted by Crippen LogP contribution is 2.26. The van der Waals surface area contributed by atoms with Crippen molar-refractivity contribution < 1.29 is 19.3 Å². The Kier molecular flexibility index (Phi) is 10.7. The topological polar surface area (TPSA) is 226 Å². The number of ketones is 1. The van der Waals surface area contributed by atoms with Crippen molar-refractivity contribution in [3.05, 3.63) is 69.8 Å². The summed E-state index contributed by atoms with van der Waals surface area (Å²) in [6, 6.07) is 9.37. The number of nitrogens with two attached hydrogens (primary N) is 4. The van der Waals surface area contributed by atoms with Gasteiger partial charge in [-0.15, -0.1) is 0 Å². The highest BCUT2D eigenvalue weighted by Gasteiger charge is 2.40. The zero-order valence-electron chi connectivity index (χ0n) is 22.2. The highest BCUT2D eigenvalue weighted by molar-refractivity contribution is 6.11. The quantitative estimate of drug-likeness (QED) is 0.0474. The van der Waals surface area contributed by atoms with E-state index in [1.165, 1.54) is 12.1 Å². The van der Waals surface area contributed by atoms with Gasteiger partial charge in [0.25, 0.3) is 5.69 Å². The van der Waals surface area contributed by atoms with Crippen molar-refractivity contribution in [3.63, 3.8) is 0 Å². The van der Waals surface area contributed by atoms with Gasteiger partial charge in [-0.25, -0.2) is 0 Å². The number of carbonyl (C=O) groups is 3. The summed E-state index contributed by atoms with van der Waals surface area (Å²) >= 11 is 0.